The van der Waals surface area contributed by atoms with Crippen molar-refractivity contribution in [3.8, 4) is 0 Å². The number of methoxy groups -OCH3 is 1. The summed E-state index contributed by atoms with van der Waals surface area (Å²) >= 11 is 13.0. The van der Waals surface area contributed by atoms with Gasteiger partial charge in [0.15, 0.2) is 0 Å². The maximum absolute atomic E-state index is 13.0. The fourth-order valence-corrected chi connectivity index (χ4v) is 5.88. The molecule has 2 saturated heterocycles. The van der Waals surface area contributed by atoms with Gasteiger partial charge in [-0.3, -0.25) is 9.69 Å². The van der Waals surface area contributed by atoms with Crippen LogP contribution in [0.2, 0.25) is 10.0 Å². The lowest BCUT2D eigenvalue weighted by molar-refractivity contribution is 0.0600. The van der Waals surface area contributed by atoms with Crippen LogP contribution in [0.1, 0.15) is 39.1 Å². The van der Waals surface area contributed by atoms with E-state index in [0.29, 0.717) is 58.7 Å². The number of rotatable bonds is 7. The Labute approximate surface area is 255 Å². The molecule has 2 fully saturated rings. The van der Waals surface area contributed by atoms with Crippen LogP contribution in [-0.2, 0) is 11.3 Å². The van der Waals surface area contributed by atoms with Crippen LogP contribution in [0.5, 0.6) is 0 Å². The van der Waals surface area contributed by atoms with Gasteiger partial charge >= 0.3 is 12.0 Å². The summed E-state index contributed by atoms with van der Waals surface area (Å²) in [6, 6.07) is 17.4. The normalized spacial score (nSPS) is 15.4. The summed E-state index contributed by atoms with van der Waals surface area (Å²) in [6.45, 7) is 5.32. The average Bonchev–Trinajstić information content (AvgIpc) is 3.52. The van der Waals surface area contributed by atoms with E-state index in [9.17, 15) is 14.4 Å². The maximum atomic E-state index is 13.0. The van der Waals surface area contributed by atoms with Crippen LogP contribution < -0.4 is 15.5 Å². The van der Waals surface area contributed by atoms with Gasteiger partial charge in [0.25, 0.3) is 5.91 Å². The van der Waals surface area contributed by atoms with E-state index in [1.54, 1.807) is 23.1 Å². The van der Waals surface area contributed by atoms with Crippen molar-refractivity contribution in [3.05, 3.63) is 87.4 Å². The fourth-order valence-electron chi connectivity index (χ4n) is 5.25. The Morgan fingerprint density at radius 3 is 2.10 bits per heavy atom. The number of hydrogen-bond donors (Lipinski definition) is 2. The Morgan fingerprint density at radius 1 is 0.810 bits per heavy atom. The number of anilines is 3. The van der Waals surface area contributed by atoms with Gasteiger partial charge < -0.3 is 25.2 Å². The van der Waals surface area contributed by atoms with Crippen molar-refractivity contribution in [2.45, 2.75) is 19.4 Å². The first-order chi connectivity index (χ1) is 20.3. The molecule has 3 aromatic rings. The van der Waals surface area contributed by atoms with Crippen LogP contribution in [0.25, 0.3) is 0 Å². The number of likely N-dealkylation sites (tertiary alicyclic amines) is 1. The average molecular weight is 611 g/mol. The highest BCUT2D eigenvalue weighted by atomic mass is 35.5. The van der Waals surface area contributed by atoms with Crippen molar-refractivity contribution >= 4 is 58.2 Å². The Balaban J connectivity index is 1.13. The maximum Gasteiger partial charge on any atom is 0.337 e. The number of benzene rings is 3. The number of ether oxygens (including phenoxy) is 1. The highest BCUT2D eigenvalue weighted by molar-refractivity contribution is 6.39. The summed E-state index contributed by atoms with van der Waals surface area (Å²) in [5.41, 5.74) is 3.76. The number of nitrogens with zero attached hydrogens (tertiary/aromatic N) is 3. The highest BCUT2D eigenvalue weighted by Crippen LogP contribution is 2.33. The molecule has 2 aliphatic heterocycles. The topological polar surface area (TPSA) is 94.2 Å². The third-order valence-corrected chi connectivity index (χ3v) is 8.14. The van der Waals surface area contributed by atoms with E-state index >= 15 is 0 Å². The van der Waals surface area contributed by atoms with Gasteiger partial charge in [-0.2, -0.15) is 0 Å². The summed E-state index contributed by atoms with van der Waals surface area (Å²) in [6.07, 6.45) is 2.42. The summed E-state index contributed by atoms with van der Waals surface area (Å²) < 4.78 is 4.73. The van der Waals surface area contributed by atoms with Crippen molar-refractivity contribution < 1.29 is 19.1 Å². The van der Waals surface area contributed by atoms with E-state index in [4.69, 9.17) is 27.9 Å². The zero-order chi connectivity index (χ0) is 29.6. The van der Waals surface area contributed by atoms with Gasteiger partial charge in [0.1, 0.15) is 0 Å². The van der Waals surface area contributed by atoms with Crippen molar-refractivity contribution in [2.75, 3.05) is 61.9 Å². The third kappa shape index (κ3) is 7.15. The molecule has 220 valence electrons. The minimum absolute atomic E-state index is 0.236. The lowest BCUT2D eigenvalue weighted by Crippen LogP contribution is -2.50. The van der Waals surface area contributed by atoms with Gasteiger partial charge in [-0.25, -0.2) is 9.59 Å². The molecule has 2 heterocycles. The van der Waals surface area contributed by atoms with Crippen LogP contribution in [0.15, 0.2) is 60.7 Å². The number of carbonyl (C=O) groups is 3. The van der Waals surface area contributed by atoms with Gasteiger partial charge in [-0.05, 0) is 86.1 Å². The van der Waals surface area contributed by atoms with E-state index in [2.05, 4.69) is 20.4 Å². The van der Waals surface area contributed by atoms with Crippen molar-refractivity contribution in [2.24, 2.45) is 0 Å². The fraction of sp³-hybridized carbons (Fsp3) is 0.323. The van der Waals surface area contributed by atoms with Crippen LogP contribution in [0, 0.1) is 0 Å². The molecule has 0 atom stereocenters. The van der Waals surface area contributed by atoms with Crippen LogP contribution in [0.3, 0.4) is 0 Å². The minimum Gasteiger partial charge on any atom is -0.465 e. The first kappa shape index (κ1) is 29.7. The Kier molecular flexibility index (Phi) is 9.51. The molecule has 0 spiro atoms. The first-order valence-electron chi connectivity index (χ1n) is 13.9. The number of urea groups is 1. The molecule has 0 radical (unpaired) electrons. The third-order valence-electron chi connectivity index (χ3n) is 7.54. The van der Waals surface area contributed by atoms with E-state index in [-0.39, 0.29) is 11.9 Å². The molecular weight excluding hydrogens is 577 g/mol. The molecule has 0 unspecified atom stereocenters. The smallest absolute Gasteiger partial charge is 0.337 e. The SMILES string of the molecule is COC(=O)c1cccc(C(=O)Nc2ccc(N3CCN(C(=O)Nc4c(Cl)cc(CN5CCCC5)cc4Cl)CC3)cc2)c1. The Morgan fingerprint density at radius 2 is 1.45 bits per heavy atom. The van der Waals surface area contributed by atoms with Gasteiger partial charge in [-0.15, -0.1) is 0 Å². The van der Waals surface area contributed by atoms with E-state index in [1.807, 2.05) is 36.4 Å². The van der Waals surface area contributed by atoms with Gasteiger partial charge in [-0.1, -0.05) is 29.3 Å². The van der Waals surface area contributed by atoms with Crippen LogP contribution in [-0.4, -0.2) is 74.1 Å². The molecule has 0 bridgehead atoms. The summed E-state index contributed by atoms with van der Waals surface area (Å²) in [4.78, 5) is 43.8. The second-order valence-electron chi connectivity index (χ2n) is 10.4. The number of nitrogens with one attached hydrogen (secondary N) is 2. The molecule has 3 aromatic carbocycles. The summed E-state index contributed by atoms with van der Waals surface area (Å²) in [7, 11) is 1.30. The monoisotopic (exact) mass is 609 g/mol. The van der Waals surface area contributed by atoms with E-state index in [0.717, 1.165) is 30.9 Å². The quantitative estimate of drug-likeness (QED) is 0.320. The largest absolute Gasteiger partial charge is 0.465 e. The molecule has 0 aliphatic carbocycles. The van der Waals surface area contributed by atoms with Crippen LogP contribution in [0.4, 0.5) is 21.9 Å². The van der Waals surface area contributed by atoms with Crippen molar-refractivity contribution in [1.29, 1.82) is 0 Å². The molecule has 3 amide bonds. The number of carbonyl (C=O) groups excluding carboxylic acids is 3. The predicted molar refractivity (Wildman–Crippen MR) is 166 cm³/mol. The van der Waals surface area contributed by atoms with Gasteiger partial charge in [0.05, 0.1) is 28.4 Å². The standard InChI is InChI=1S/C31H33Cl2N5O4/c1-42-30(40)23-6-4-5-22(19-23)29(39)34-24-7-9-25(10-8-24)37-13-15-38(16-14-37)31(41)35-28-26(32)17-21(18-27(28)33)20-36-11-2-3-12-36/h4-10,17-19H,2-3,11-16,20H2,1H3,(H,34,39)(H,35,41). The number of halogens is 2. The predicted octanol–water partition coefficient (Wildman–Crippen LogP) is 5.98. The van der Waals surface area contributed by atoms with Crippen molar-refractivity contribution in [3.63, 3.8) is 0 Å². The molecule has 42 heavy (non-hydrogen) atoms. The van der Waals surface area contributed by atoms with E-state index in [1.165, 1.54) is 26.0 Å². The van der Waals surface area contributed by atoms with Gasteiger partial charge in [0, 0.05) is 49.7 Å². The number of hydrogen-bond acceptors (Lipinski definition) is 6. The first-order valence-corrected chi connectivity index (χ1v) is 14.7. The second-order valence-corrected chi connectivity index (χ2v) is 11.2. The molecule has 9 nitrogen and oxygen atoms in total. The lowest BCUT2D eigenvalue weighted by Gasteiger charge is -2.36. The second kappa shape index (κ2) is 13.5. The minimum atomic E-state index is -0.499. The number of piperazine rings is 1. The molecule has 5 rings (SSSR count). The van der Waals surface area contributed by atoms with Gasteiger partial charge in [0.2, 0.25) is 0 Å². The molecule has 2 aliphatic rings. The van der Waals surface area contributed by atoms with E-state index < -0.39 is 5.97 Å². The highest BCUT2D eigenvalue weighted by Gasteiger charge is 2.23. The Bertz CT molecular complexity index is 1430. The Hall–Kier alpha value is -3.79. The number of amides is 3. The van der Waals surface area contributed by atoms with Crippen molar-refractivity contribution in [1.82, 2.24) is 9.80 Å². The summed E-state index contributed by atoms with van der Waals surface area (Å²) in [5.74, 6) is -0.823. The van der Waals surface area contributed by atoms with Crippen LogP contribution >= 0.6 is 23.2 Å². The zero-order valence-electron chi connectivity index (χ0n) is 23.4. The molecule has 11 heteroatoms. The lowest BCUT2D eigenvalue weighted by atomic mass is 10.1. The molecule has 0 saturated carbocycles. The molecular formula is C31H33Cl2N5O4. The summed E-state index contributed by atoms with van der Waals surface area (Å²) in [5, 5.41) is 6.63. The molecule has 2 N–H and O–H groups in total. The zero-order valence-corrected chi connectivity index (χ0v) is 24.9. The number of esters is 1. The molecule has 0 aromatic heterocycles.